The monoisotopic (exact) mass is 286 g/mol. The first-order valence-corrected chi connectivity index (χ1v) is 6.70. The van der Waals surface area contributed by atoms with Crippen LogP contribution in [0.3, 0.4) is 0 Å². The number of urea groups is 1. The highest BCUT2D eigenvalue weighted by Crippen LogP contribution is 2.23. The number of aldehydes is 1. The number of imide groups is 1. The Morgan fingerprint density at radius 2 is 2.19 bits per heavy atom. The van der Waals surface area contributed by atoms with Crippen LogP contribution in [0.15, 0.2) is 24.5 Å². The normalized spacial score (nSPS) is 15.3. The number of rotatable bonds is 4. The third kappa shape index (κ3) is 2.49. The molecule has 1 aliphatic rings. The Labute approximate surface area is 120 Å². The van der Waals surface area contributed by atoms with Gasteiger partial charge in [0.25, 0.3) is 0 Å². The summed E-state index contributed by atoms with van der Waals surface area (Å²) in [5.41, 5.74) is 2.46. The minimum absolute atomic E-state index is 0.260. The van der Waals surface area contributed by atoms with Crippen molar-refractivity contribution in [2.24, 2.45) is 0 Å². The summed E-state index contributed by atoms with van der Waals surface area (Å²) in [6.07, 6.45) is 5.74. The molecule has 1 aliphatic heterocycles. The Bertz CT molecular complexity index is 722. The largest absolute Gasteiger partial charge is 0.328 e. The highest BCUT2D eigenvalue weighted by molar-refractivity contribution is 6.07. The molecule has 0 radical (unpaired) electrons. The number of aryl methyl sites for hydroxylation is 1. The van der Waals surface area contributed by atoms with Gasteiger partial charge in [0.1, 0.15) is 6.29 Å². The molecule has 0 bridgehead atoms. The molecule has 3 heterocycles. The second kappa shape index (κ2) is 5.35. The Morgan fingerprint density at radius 1 is 1.33 bits per heavy atom. The highest BCUT2D eigenvalue weighted by atomic mass is 16.2. The van der Waals surface area contributed by atoms with Gasteiger partial charge < -0.3 is 4.79 Å². The Morgan fingerprint density at radius 3 is 2.95 bits per heavy atom. The summed E-state index contributed by atoms with van der Waals surface area (Å²) in [6.45, 7) is 0.346. The summed E-state index contributed by atoms with van der Waals surface area (Å²) >= 11 is 0. The summed E-state index contributed by atoms with van der Waals surface area (Å²) in [5.74, 6) is -0.260. The molecule has 21 heavy (non-hydrogen) atoms. The number of nitrogens with one attached hydrogen (secondary N) is 1. The summed E-state index contributed by atoms with van der Waals surface area (Å²) in [5, 5.41) is 6.53. The number of amides is 3. The molecule has 3 rings (SSSR count). The van der Waals surface area contributed by atoms with E-state index in [-0.39, 0.29) is 12.3 Å². The second-order valence-electron chi connectivity index (χ2n) is 4.86. The van der Waals surface area contributed by atoms with Crippen molar-refractivity contribution >= 4 is 29.4 Å². The topological polar surface area (TPSA) is 83.8 Å². The number of fused-ring (bicyclic) bond motifs is 1. The fourth-order valence-corrected chi connectivity index (χ4v) is 2.39. The molecule has 1 N–H and O–H groups in total. The van der Waals surface area contributed by atoms with Crippen molar-refractivity contribution in [1.29, 1.82) is 0 Å². The van der Waals surface area contributed by atoms with E-state index < -0.39 is 6.03 Å². The van der Waals surface area contributed by atoms with E-state index in [4.69, 9.17) is 0 Å². The van der Waals surface area contributed by atoms with Crippen LogP contribution < -0.4 is 10.2 Å². The van der Waals surface area contributed by atoms with E-state index in [0.717, 1.165) is 17.4 Å². The van der Waals surface area contributed by atoms with E-state index in [0.29, 0.717) is 25.1 Å². The van der Waals surface area contributed by atoms with Crippen LogP contribution in [0.25, 0.3) is 5.52 Å². The summed E-state index contributed by atoms with van der Waals surface area (Å²) in [7, 11) is 0. The fraction of sp³-hybridized carbons (Fsp3) is 0.286. The number of aromatic nitrogens is 2. The minimum Gasteiger partial charge on any atom is -0.303 e. The molecule has 7 heteroatoms. The van der Waals surface area contributed by atoms with Crippen LogP contribution in [0, 0.1) is 0 Å². The van der Waals surface area contributed by atoms with E-state index >= 15 is 0 Å². The van der Waals surface area contributed by atoms with Crippen molar-refractivity contribution < 1.29 is 14.4 Å². The molecule has 0 saturated carbocycles. The predicted octanol–water partition coefficient (Wildman–Crippen LogP) is 0.912. The van der Waals surface area contributed by atoms with Gasteiger partial charge in [-0.25, -0.2) is 9.31 Å². The Balaban J connectivity index is 1.91. The van der Waals surface area contributed by atoms with Crippen LogP contribution in [-0.4, -0.2) is 34.4 Å². The molecule has 2 aromatic heterocycles. The highest BCUT2D eigenvalue weighted by Gasteiger charge is 2.26. The maximum atomic E-state index is 11.9. The summed E-state index contributed by atoms with van der Waals surface area (Å²) in [4.78, 5) is 35.0. The van der Waals surface area contributed by atoms with Crippen molar-refractivity contribution in [1.82, 2.24) is 14.9 Å². The van der Waals surface area contributed by atoms with Crippen molar-refractivity contribution in [3.8, 4) is 0 Å². The molecule has 2 aromatic rings. The van der Waals surface area contributed by atoms with Gasteiger partial charge in [-0.05, 0) is 18.1 Å². The molecule has 7 nitrogen and oxygen atoms in total. The van der Waals surface area contributed by atoms with Gasteiger partial charge in [-0.2, -0.15) is 5.10 Å². The average molecular weight is 286 g/mol. The predicted molar refractivity (Wildman–Crippen MR) is 75.1 cm³/mol. The Kier molecular flexibility index (Phi) is 3.39. The van der Waals surface area contributed by atoms with Crippen molar-refractivity contribution in [3.05, 3.63) is 30.1 Å². The zero-order valence-electron chi connectivity index (χ0n) is 11.3. The van der Waals surface area contributed by atoms with Crippen LogP contribution in [0.5, 0.6) is 0 Å². The van der Waals surface area contributed by atoms with Gasteiger partial charge in [-0.15, -0.1) is 0 Å². The van der Waals surface area contributed by atoms with Crippen LogP contribution in [0.4, 0.5) is 10.5 Å². The molecule has 108 valence electrons. The number of carbonyl (C=O) groups excluding carboxylic acids is 3. The quantitative estimate of drug-likeness (QED) is 0.847. The second-order valence-corrected chi connectivity index (χ2v) is 4.86. The molecule has 0 aliphatic carbocycles. The number of anilines is 1. The van der Waals surface area contributed by atoms with Gasteiger partial charge in [0.15, 0.2) is 0 Å². The van der Waals surface area contributed by atoms with Gasteiger partial charge in [0, 0.05) is 25.6 Å². The van der Waals surface area contributed by atoms with Crippen LogP contribution in [0.2, 0.25) is 0 Å². The van der Waals surface area contributed by atoms with E-state index in [1.165, 1.54) is 4.90 Å². The van der Waals surface area contributed by atoms with E-state index in [2.05, 4.69) is 10.4 Å². The molecule has 1 fully saturated rings. The first-order valence-electron chi connectivity index (χ1n) is 6.70. The van der Waals surface area contributed by atoms with E-state index in [1.807, 2.05) is 18.3 Å². The molecule has 0 atom stereocenters. The SMILES string of the molecule is O=CCCc1ccc2c(N3CCC(=O)NC3=O)cnn2c1. The molecule has 0 unspecified atom stereocenters. The summed E-state index contributed by atoms with van der Waals surface area (Å²) in [6, 6.07) is 3.36. The van der Waals surface area contributed by atoms with Gasteiger partial charge >= 0.3 is 6.03 Å². The lowest BCUT2D eigenvalue weighted by Gasteiger charge is -2.25. The standard InChI is InChI=1S/C14H14N4O3/c19-7-1-2-10-3-4-11-12(8-15-18(11)9-10)17-6-5-13(20)16-14(17)21/h3-4,7-9H,1-2,5-6H2,(H,16,20,21). The number of hydrogen-bond acceptors (Lipinski definition) is 4. The lowest BCUT2D eigenvalue weighted by Crippen LogP contribution is -2.49. The lowest BCUT2D eigenvalue weighted by molar-refractivity contribution is -0.120. The number of hydrogen-bond donors (Lipinski definition) is 1. The summed E-state index contributed by atoms with van der Waals surface area (Å²) < 4.78 is 1.68. The molecule has 3 amide bonds. The minimum atomic E-state index is -0.425. The molecule has 0 spiro atoms. The third-order valence-corrected chi connectivity index (χ3v) is 3.45. The zero-order valence-corrected chi connectivity index (χ0v) is 11.3. The zero-order chi connectivity index (χ0) is 14.8. The van der Waals surface area contributed by atoms with Crippen LogP contribution in [0.1, 0.15) is 18.4 Å². The van der Waals surface area contributed by atoms with Crippen LogP contribution >= 0.6 is 0 Å². The van der Waals surface area contributed by atoms with Crippen molar-refractivity contribution in [2.75, 3.05) is 11.4 Å². The van der Waals surface area contributed by atoms with Gasteiger partial charge in [0.05, 0.1) is 17.4 Å². The molecule has 1 saturated heterocycles. The van der Waals surface area contributed by atoms with Crippen LogP contribution in [-0.2, 0) is 16.0 Å². The number of pyridine rings is 1. The van der Waals surface area contributed by atoms with Gasteiger partial charge in [0.2, 0.25) is 5.91 Å². The third-order valence-electron chi connectivity index (χ3n) is 3.45. The fourth-order valence-electron chi connectivity index (χ4n) is 2.39. The van der Waals surface area contributed by atoms with Crippen molar-refractivity contribution in [3.63, 3.8) is 0 Å². The van der Waals surface area contributed by atoms with Gasteiger partial charge in [-0.1, -0.05) is 6.07 Å². The number of carbonyl (C=O) groups is 3. The average Bonchev–Trinajstić information content (AvgIpc) is 2.88. The number of nitrogens with zero attached hydrogens (tertiary/aromatic N) is 3. The first-order chi connectivity index (χ1) is 10.2. The van der Waals surface area contributed by atoms with Crippen molar-refractivity contribution in [2.45, 2.75) is 19.3 Å². The molecule has 0 aromatic carbocycles. The smallest absolute Gasteiger partial charge is 0.303 e. The van der Waals surface area contributed by atoms with E-state index in [1.54, 1.807) is 10.7 Å². The maximum absolute atomic E-state index is 11.9. The lowest BCUT2D eigenvalue weighted by atomic mass is 10.1. The maximum Gasteiger partial charge on any atom is 0.328 e. The Hall–Kier alpha value is -2.70. The first kappa shape index (κ1) is 13.3. The van der Waals surface area contributed by atoms with Gasteiger partial charge in [-0.3, -0.25) is 15.0 Å². The molecular weight excluding hydrogens is 272 g/mol. The molecular formula is C14H14N4O3. The van der Waals surface area contributed by atoms with E-state index in [9.17, 15) is 14.4 Å².